The summed E-state index contributed by atoms with van der Waals surface area (Å²) in [5.74, 6) is 0.614. The third kappa shape index (κ3) is 2.88. The summed E-state index contributed by atoms with van der Waals surface area (Å²) in [6.45, 7) is 0.131. The summed E-state index contributed by atoms with van der Waals surface area (Å²) in [7, 11) is 0. The van der Waals surface area contributed by atoms with E-state index in [1.54, 1.807) is 24.3 Å². The molecule has 16 heavy (non-hydrogen) atoms. The molecule has 4 heteroatoms. The Morgan fingerprint density at radius 3 is 2.69 bits per heavy atom. The molecule has 1 N–H and O–H groups in total. The number of ether oxygens (including phenoxy) is 1. The lowest BCUT2D eigenvalue weighted by Crippen LogP contribution is -2.13. The molecule has 2 rings (SSSR count). The number of anilines is 1. The monoisotopic (exact) mass is 217 g/mol. The van der Waals surface area contributed by atoms with E-state index >= 15 is 0 Å². The molecule has 0 saturated carbocycles. The van der Waals surface area contributed by atoms with Gasteiger partial charge in [-0.2, -0.15) is 0 Å². The topological polar surface area (TPSA) is 51.5 Å². The van der Waals surface area contributed by atoms with Crippen LogP contribution in [0.4, 0.5) is 10.5 Å². The minimum atomic E-state index is -0.498. The second-order valence-electron chi connectivity index (χ2n) is 3.15. The predicted octanol–water partition coefficient (Wildman–Crippen LogP) is 3.03. The number of nitrogens with one attached hydrogen (secondary N) is 1. The molecule has 82 valence electrons. The average Bonchev–Trinajstić information content (AvgIpc) is 2.81. The molecule has 0 atom stereocenters. The number of hydrogen-bond acceptors (Lipinski definition) is 3. The Morgan fingerprint density at radius 2 is 2.00 bits per heavy atom. The van der Waals surface area contributed by atoms with Gasteiger partial charge in [-0.05, 0) is 24.3 Å². The summed E-state index contributed by atoms with van der Waals surface area (Å²) in [5.41, 5.74) is 0.701. The van der Waals surface area contributed by atoms with Gasteiger partial charge < -0.3 is 9.15 Å². The Hall–Kier alpha value is -2.23. The SMILES string of the molecule is O=C(Nc1ccccc1)OCc1ccco1. The van der Waals surface area contributed by atoms with Crippen LogP contribution >= 0.6 is 0 Å². The molecule has 0 aliphatic carbocycles. The highest BCUT2D eigenvalue weighted by atomic mass is 16.6. The number of rotatable bonds is 3. The summed E-state index contributed by atoms with van der Waals surface area (Å²) in [6.07, 6.45) is 1.04. The number of para-hydroxylation sites is 1. The first-order valence-electron chi connectivity index (χ1n) is 4.86. The van der Waals surface area contributed by atoms with Crippen molar-refractivity contribution in [3.05, 3.63) is 54.5 Å². The molecule has 1 aromatic heterocycles. The van der Waals surface area contributed by atoms with Crippen LogP contribution in [0.1, 0.15) is 5.76 Å². The van der Waals surface area contributed by atoms with Gasteiger partial charge in [0.2, 0.25) is 0 Å². The van der Waals surface area contributed by atoms with Crippen LogP contribution < -0.4 is 5.32 Å². The third-order valence-electron chi connectivity index (χ3n) is 1.95. The fraction of sp³-hybridized carbons (Fsp3) is 0.0833. The Bertz CT molecular complexity index is 437. The number of carbonyl (C=O) groups is 1. The van der Waals surface area contributed by atoms with Crippen LogP contribution in [0.15, 0.2) is 53.1 Å². The van der Waals surface area contributed by atoms with Gasteiger partial charge in [0.15, 0.2) is 6.61 Å². The van der Waals surface area contributed by atoms with E-state index in [-0.39, 0.29) is 6.61 Å². The highest BCUT2D eigenvalue weighted by Gasteiger charge is 2.04. The Morgan fingerprint density at radius 1 is 1.19 bits per heavy atom. The molecule has 4 nitrogen and oxygen atoms in total. The Labute approximate surface area is 92.8 Å². The van der Waals surface area contributed by atoms with E-state index < -0.39 is 6.09 Å². The van der Waals surface area contributed by atoms with E-state index in [4.69, 9.17) is 9.15 Å². The molecular formula is C12H11NO3. The van der Waals surface area contributed by atoms with Crippen LogP contribution in [-0.2, 0) is 11.3 Å². The van der Waals surface area contributed by atoms with E-state index in [0.29, 0.717) is 11.4 Å². The first-order chi connectivity index (χ1) is 7.84. The number of hydrogen-bond donors (Lipinski definition) is 1. The van der Waals surface area contributed by atoms with Crippen LogP contribution in [0.2, 0.25) is 0 Å². The van der Waals surface area contributed by atoms with Crippen LogP contribution in [0.5, 0.6) is 0 Å². The number of furan rings is 1. The molecule has 2 aromatic rings. The molecule has 0 aliphatic heterocycles. The van der Waals surface area contributed by atoms with Gasteiger partial charge >= 0.3 is 6.09 Å². The van der Waals surface area contributed by atoms with E-state index in [1.165, 1.54) is 6.26 Å². The maximum absolute atomic E-state index is 11.3. The summed E-state index contributed by atoms with van der Waals surface area (Å²) >= 11 is 0. The van der Waals surface area contributed by atoms with Crippen LogP contribution in [-0.4, -0.2) is 6.09 Å². The number of carbonyl (C=O) groups excluding carboxylic acids is 1. The molecule has 0 bridgehead atoms. The zero-order valence-electron chi connectivity index (χ0n) is 8.55. The van der Waals surface area contributed by atoms with Gasteiger partial charge in [0.1, 0.15) is 5.76 Å². The molecule has 0 fully saturated rings. The predicted molar refractivity (Wildman–Crippen MR) is 59.0 cm³/mol. The van der Waals surface area contributed by atoms with Crippen molar-refractivity contribution in [1.29, 1.82) is 0 Å². The molecule has 0 aliphatic rings. The number of amides is 1. The van der Waals surface area contributed by atoms with Crippen molar-refractivity contribution in [3.8, 4) is 0 Å². The van der Waals surface area contributed by atoms with Gasteiger partial charge in [0.05, 0.1) is 6.26 Å². The zero-order chi connectivity index (χ0) is 11.2. The van der Waals surface area contributed by atoms with Crippen molar-refractivity contribution < 1.29 is 13.9 Å². The average molecular weight is 217 g/mol. The smallest absolute Gasteiger partial charge is 0.412 e. The minimum Gasteiger partial charge on any atom is -0.466 e. The highest BCUT2D eigenvalue weighted by Crippen LogP contribution is 2.07. The lowest BCUT2D eigenvalue weighted by Gasteiger charge is -2.04. The van der Waals surface area contributed by atoms with Crippen molar-refractivity contribution in [2.75, 3.05) is 5.32 Å². The summed E-state index contributed by atoms with van der Waals surface area (Å²) in [4.78, 5) is 11.3. The standard InChI is InChI=1S/C12H11NO3/c14-12(13-10-5-2-1-3-6-10)16-9-11-7-4-8-15-11/h1-8H,9H2,(H,13,14). The van der Waals surface area contributed by atoms with E-state index in [2.05, 4.69) is 5.32 Å². The fourth-order valence-corrected chi connectivity index (χ4v) is 1.21. The van der Waals surface area contributed by atoms with Gasteiger partial charge in [0, 0.05) is 5.69 Å². The molecule has 1 aromatic carbocycles. The molecule has 1 heterocycles. The van der Waals surface area contributed by atoms with Crippen molar-refractivity contribution in [1.82, 2.24) is 0 Å². The molecular weight excluding hydrogens is 206 g/mol. The Kier molecular flexibility index (Phi) is 3.23. The normalized spacial score (nSPS) is 9.75. The van der Waals surface area contributed by atoms with Gasteiger partial charge in [-0.1, -0.05) is 18.2 Å². The van der Waals surface area contributed by atoms with Crippen molar-refractivity contribution >= 4 is 11.8 Å². The molecule has 0 spiro atoms. The van der Waals surface area contributed by atoms with Crippen molar-refractivity contribution in [2.45, 2.75) is 6.61 Å². The van der Waals surface area contributed by atoms with Crippen molar-refractivity contribution in [3.63, 3.8) is 0 Å². The Balaban J connectivity index is 1.81. The third-order valence-corrected chi connectivity index (χ3v) is 1.95. The lowest BCUT2D eigenvalue weighted by molar-refractivity contribution is 0.146. The molecule has 0 radical (unpaired) electrons. The van der Waals surface area contributed by atoms with Crippen LogP contribution in [0.25, 0.3) is 0 Å². The second-order valence-corrected chi connectivity index (χ2v) is 3.15. The van der Waals surface area contributed by atoms with Gasteiger partial charge in [-0.15, -0.1) is 0 Å². The summed E-state index contributed by atoms with van der Waals surface area (Å²) < 4.78 is 9.98. The fourth-order valence-electron chi connectivity index (χ4n) is 1.21. The quantitative estimate of drug-likeness (QED) is 0.859. The van der Waals surface area contributed by atoms with Crippen molar-refractivity contribution in [2.24, 2.45) is 0 Å². The number of benzene rings is 1. The summed E-state index contributed by atoms with van der Waals surface area (Å²) in [5, 5.41) is 2.60. The maximum atomic E-state index is 11.3. The van der Waals surface area contributed by atoms with Crippen LogP contribution in [0, 0.1) is 0 Å². The second kappa shape index (κ2) is 5.02. The largest absolute Gasteiger partial charge is 0.466 e. The van der Waals surface area contributed by atoms with E-state index in [9.17, 15) is 4.79 Å². The first kappa shape index (κ1) is 10.3. The first-order valence-corrected chi connectivity index (χ1v) is 4.86. The van der Waals surface area contributed by atoms with E-state index in [0.717, 1.165) is 0 Å². The molecule has 0 unspecified atom stereocenters. The minimum absolute atomic E-state index is 0.131. The molecule has 0 saturated heterocycles. The van der Waals surface area contributed by atoms with Crippen LogP contribution in [0.3, 0.4) is 0 Å². The van der Waals surface area contributed by atoms with Gasteiger partial charge in [-0.25, -0.2) is 4.79 Å². The maximum Gasteiger partial charge on any atom is 0.412 e. The zero-order valence-corrected chi connectivity index (χ0v) is 8.55. The lowest BCUT2D eigenvalue weighted by atomic mass is 10.3. The van der Waals surface area contributed by atoms with Gasteiger partial charge in [-0.3, -0.25) is 5.32 Å². The summed E-state index contributed by atoms with van der Waals surface area (Å²) in [6, 6.07) is 12.6. The van der Waals surface area contributed by atoms with E-state index in [1.807, 2.05) is 18.2 Å². The molecule has 1 amide bonds. The highest BCUT2D eigenvalue weighted by molar-refractivity contribution is 5.84. The van der Waals surface area contributed by atoms with Gasteiger partial charge in [0.25, 0.3) is 0 Å².